The third kappa shape index (κ3) is 3.43. The molecule has 0 spiro atoms. The zero-order chi connectivity index (χ0) is 14.7. The molecule has 0 bridgehead atoms. The number of hydrogen-bond donors (Lipinski definition) is 1. The summed E-state index contributed by atoms with van der Waals surface area (Å²) in [5.41, 5.74) is -0.763. The maximum atomic E-state index is 13.5. The largest absolute Gasteiger partial charge is 0.379 e. The van der Waals surface area contributed by atoms with Crippen LogP contribution in [0.4, 0.5) is 20.2 Å². The Kier molecular flexibility index (Phi) is 4.52. The van der Waals surface area contributed by atoms with E-state index in [0.29, 0.717) is 24.4 Å². The maximum absolute atomic E-state index is 13.5. The molecule has 0 saturated heterocycles. The van der Waals surface area contributed by atoms with Crippen molar-refractivity contribution in [2.75, 3.05) is 11.9 Å². The van der Waals surface area contributed by atoms with E-state index in [-0.39, 0.29) is 5.69 Å². The van der Waals surface area contributed by atoms with Gasteiger partial charge in [0.1, 0.15) is 11.5 Å². The van der Waals surface area contributed by atoms with Gasteiger partial charge in [-0.2, -0.15) is 4.39 Å². The molecule has 0 aliphatic heterocycles. The number of nitro groups is 1. The lowest BCUT2D eigenvalue weighted by atomic mass is 9.82. The van der Waals surface area contributed by atoms with Crippen molar-refractivity contribution in [2.45, 2.75) is 32.6 Å². The molecule has 1 aromatic rings. The van der Waals surface area contributed by atoms with Crippen LogP contribution in [0.2, 0.25) is 0 Å². The molecule has 1 saturated carbocycles. The minimum atomic E-state index is -1.14. The lowest BCUT2D eigenvalue weighted by Gasteiger charge is -2.27. The number of nitro benzene ring substituents is 1. The first-order chi connectivity index (χ1) is 9.47. The van der Waals surface area contributed by atoms with Crippen LogP contribution in [0.25, 0.3) is 0 Å². The normalized spacial score (nSPS) is 22.6. The zero-order valence-corrected chi connectivity index (χ0v) is 11.4. The van der Waals surface area contributed by atoms with Crippen LogP contribution in [0.1, 0.15) is 32.6 Å². The van der Waals surface area contributed by atoms with Gasteiger partial charge in [0.15, 0.2) is 0 Å². The molecule has 1 aromatic carbocycles. The van der Waals surface area contributed by atoms with E-state index >= 15 is 0 Å². The van der Waals surface area contributed by atoms with Gasteiger partial charge in [0.2, 0.25) is 5.82 Å². The Morgan fingerprint density at radius 3 is 2.80 bits per heavy atom. The van der Waals surface area contributed by atoms with Crippen molar-refractivity contribution in [2.24, 2.45) is 11.8 Å². The lowest BCUT2D eigenvalue weighted by Crippen LogP contribution is -2.21. The predicted molar refractivity (Wildman–Crippen MR) is 72.6 cm³/mol. The fourth-order valence-electron chi connectivity index (χ4n) is 2.89. The molecule has 20 heavy (non-hydrogen) atoms. The number of halogens is 2. The summed E-state index contributed by atoms with van der Waals surface area (Å²) in [4.78, 5) is 10.0. The van der Waals surface area contributed by atoms with Crippen LogP contribution in [0, 0.1) is 33.6 Å². The summed E-state index contributed by atoms with van der Waals surface area (Å²) in [6.07, 6.45) is 4.42. The van der Waals surface area contributed by atoms with E-state index in [1.54, 1.807) is 0 Å². The van der Waals surface area contributed by atoms with Gasteiger partial charge in [-0.3, -0.25) is 10.1 Å². The van der Waals surface area contributed by atoms with Crippen LogP contribution in [0.3, 0.4) is 0 Å². The average Bonchev–Trinajstić information content (AvgIpc) is 2.35. The zero-order valence-electron chi connectivity index (χ0n) is 11.4. The van der Waals surface area contributed by atoms with Gasteiger partial charge >= 0.3 is 5.69 Å². The van der Waals surface area contributed by atoms with E-state index < -0.39 is 22.2 Å². The fourth-order valence-corrected chi connectivity index (χ4v) is 2.89. The Morgan fingerprint density at radius 1 is 1.40 bits per heavy atom. The first kappa shape index (κ1) is 14.7. The molecule has 1 aliphatic rings. The van der Waals surface area contributed by atoms with Gasteiger partial charge in [0.05, 0.1) is 4.92 Å². The molecule has 0 aromatic heterocycles. The number of rotatable bonds is 4. The third-order valence-corrected chi connectivity index (χ3v) is 3.84. The van der Waals surface area contributed by atoms with Gasteiger partial charge < -0.3 is 5.32 Å². The minimum Gasteiger partial charge on any atom is -0.379 e. The predicted octanol–water partition coefficient (Wildman–Crippen LogP) is 4.11. The van der Waals surface area contributed by atoms with Gasteiger partial charge in [0.25, 0.3) is 0 Å². The van der Waals surface area contributed by atoms with Crippen molar-refractivity contribution in [1.29, 1.82) is 0 Å². The third-order valence-electron chi connectivity index (χ3n) is 3.84. The number of anilines is 1. The van der Waals surface area contributed by atoms with Gasteiger partial charge in [-0.15, -0.1) is 0 Å². The van der Waals surface area contributed by atoms with E-state index in [9.17, 15) is 18.9 Å². The molecule has 2 rings (SSSR count). The second kappa shape index (κ2) is 6.15. The average molecular weight is 284 g/mol. The monoisotopic (exact) mass is 284 g/mol. The molecule has 0 radical (unpaired) electrons. The number of benzene rings is 1. The van der Waals surface area contributed by atoms with Crippen LogP contribution in [-0.2, 0) is 0 Å². The van der Waals surface area contributed by atoms with Crippen LogP contribution >= 0.6 is 0 Å². The highest BCUT2D eigenvalue weighted by atomic mass is 19.1. The smallest absolute Gasteiger partial charge is 0.327 e. The quantitative estimate of drug-likeness (QED) is 0.668. The summed E-state index contributed by atoms with van der Waals surface area (Å²) >= 11 is 0. The molecule has 0 heterocycles. The molecule has 1 fully saturated rings. The molecule has 0 amide bonds. The highest BCUT2D eigenvalue weighted by Crippen LogP contribution is 2.32. The molecule has 6 heteroatoms. The Bertz CT molecular complexity index is 508. The first-order valence-corrected chi connectivity index (χ1v) is 6.84. The van der Waals surface area contributed by atoms with Gasteiger partial charge in [-0.25, -0.2) is 4.39 Å². The van der Waals surface area contributed by atoms with Crippen molar-refractivity contribution in [3.05, 3.63) is 33.9 Å². The van der Waals surface area contributed by atoms with E-state index in [0.717, 1.165) is 25.3 Å². The summed E-state index contributed by atoms with van der Waals surface area (Å²) in [6, 6.07) is 1.51. The van der Waals surface area contributed by atoms with Gasteiger partial charge in [0, 0.05) is 18.7 Å². The van der Waals surface area contributed by atoms with Crippen molar-refractivity contribution in [3.8, 4) is 0 Å². The Balaban J connectivity index is 2.10. The van der Waals surface area contributed by atoms with E-state index in [4.69, 9.17) is 0 Å². The van der Waals surface area contributed by atoms with Crippen molar-refractivity contribution < 1.29 is 13.7 Å². The van der Waals surface area contributed by atoms with Crippen LogP contribution in [0.5, 0.6) is 0 Å². The summed E-state index contributed by atoms with van der Waals surface area (Å²) in [6.45, 7) is 2.69. The van der Waals surface area contributed by atoms with Crippen LogP contribution < -0.4 is 5.32 Å². The van der Waals surface area contributed by atoms with Crippen LogP contribution in [-0.4, -0.2) is 11.5 Å². The molecule has 110 valence electrons. The molecular formula is C14H18F2N2O2. The first-order valence-electron chi connectivity index (χ1n) is 6.84. The maximum Gasteiger partial charge on any atom is 0.327 e. The van der Waals surface area contributed by atoms with Crippen molar-refractivity contribution in [1.82, 2.24) is 0 Å². The summed E-state index contributed by atoms with van der Waals surface area (Å²) in [5.74, 6) is -0.929. The lowest BCUT2D eigenvalue weighted by molar-refractivity contribution is -0.386. The van der Waals surface area contributed by atoms with Gasteiger partial charge in [-0.1, -0.05) is 19.8 Å². The molecule has 1 aliphatic carbocycles. The highest BCUT2D eigenvalue weighted by molar-refractivity contribution is 5.62. The second-order valence-corrected chi connectivity index (χ2v) is 5.56. The Morgan fingerprint density at radius 2 is 2.15 bits per heavy atom. The molecule has 4 nitrogen and oxygen atoms in total. The number of hydrogen-bond acceptors (Lipinski definition) is 3. The topological polar surface area (TPSA) is 55.2 Å². The molecular weight excluding hydrogens is 266 g/mol. The summed E-state index contributed by atoms with van der Waals surface area (Å²) in [7, 11) is 0. The van der Waals surface area contributed by atoms with E-state index in [1.807, 2.05) is 0 Å². The number of nitrogens with one attached hydrogen (secondary N) is 1. The van der Waals surface area contributed by atoms with Crippen molar-refractivity contribution in [3.63, 3.8) is 0 Å². The van der Waals surface area contributed by atoms with E-state index in [2.05, 4.69) is 12.2 Å². The Hall–Kier alpha value is -1.72. The fraction of sp³-hybridized carbons (Fsp3) is 0.571. The highest BCUT2D eigenvalue weighted by Gasteiger charge is 2.24. The van der Waals surface area contributed by atoms with Gasteiger partial charge in [-0.05, 0) is 24.7 Å². The second-order valence-electron chi connectivity index (χ2n) is 5.56. The van der Waals surface area contributed by atoms with Crippen LogP contribution in [0.15, 0.2) is 12.1 Å². The van der Waals surface area contributed by atoms with Crippen molar-refractivity contribution >= 4 is 11.4 Å². The summed E-state index contributed by atoms with van der Waals surface area (Å²) < 4.78 is 26.7. The Labute approximate surface area is 116 Å². The minimum absolute atomic E-state index is 0.0780. The SMILES string of the molecule is CC1CCCC(CNc2cc(F)cc(F)c2[N+](=O)[O-])C1. The standard InChI is InChI=1S/C14H18F2N2O2/c1-9-3-2-4-10(5-9)8-17-13-7-11(15)6-12(16)14(13)18(19)20/h6-7,9-10,17H,2-5,8H2,1H3. The van der Waals surface area contributed by atoms with E-state index in [1.165, 1.54) is 6.42 Å². The molecule has 1 N–H and O–H groups in total. The molecule has 2 unspecified atom stereocenters. The summed E-state index contributed by atoms with van der Waals surface area (Å²) in [5, 5.41) is 13.7. The molecule has 2 atom stereocenters. The number of nitrogens with zero attached hydrogens (tertiary/aromatic N) is 1.